The van der Waals surface area contributed by atoms with Gasteiger partial charge < -0.3 is 5.32 Å². The van der Waals surface area contributed by atoms with E-state index in [9.17, 15) is 0 Å². The Morgan fingerprint density at radius 3 is 2.73 bits per heavy atom. The van der Waals surface area contributed by atoms with Crippen LogP contribution in [0.2, 0.25) is 0 Å². The maximum Gasteiger partial charge on any atom is 0.0261 e. The second kappa shape index (κ2) is 4.77. The van der Waals surface area contributed by atoms with Crippen LogP contribution >= 0.6 is 0 Å². The first-order chi connectivity index (χ1) is 7.27. The number of hydrogen-bond donors (Lipinski definition) is 1. The number of nitrogens with zero attached hydrogens (tertiary/aromatic N) is 1. The summed E-state index contributed by atoms with van der Waals surface area (Å²) in [5, 5.41) is 3.49. The van der Waals surface area contributed by atoms with Crippen molar-refractivity contribution in [2.75, 3.05) is 20.1 Å². The number of piperazine rings is 1. The second-order valence-electron chi connectivity index (χ2n) is 4.52. The molecule has 1 fully saturated rings. The minimum absolute atomic E-state index is 0.635. The number of nitrogens with one attached hydrogen (secondary N) is 1. The molecule has 1 aromatic rings. The summed E-state index contributed by atoms with van der Waals surface area (Å²) in [5.74, 6) is 0. The summed E-state index contributed by atoms with van der Waals surface area (Å²) < 4.78 is 0. The Bertz CT molecular complexity index is 297. The molecule has 2 atom stereocenters. The molecule has 0 spiro atoms. The zero-order valence-corrected chi connectivity index (χ0v) is 9.61. The standard InChI is InChI=1S/C13H20N2/c1-11-9-14-10-13(15(11)2)8-12-6-4-3-5-7-12/h3-7,11,13-14H,8-10H2,1-2H3. The van der Waals surface area contributed by atoms with E-state index in [1.54, 1.807) is 0 Å². The molecule has 2 heteroatoms. The number of benzene rings is 1. The van der Waals surface area contributed by atoms with Gasteiger partial charge in [0, 0.05) is 25.2 Å². The van der Waals surface area contributed by atoms with Crippen LogP contribution in [0.15, 0.2) is 30.3 Å². The van der Waals surface area contributed by atoms with E-state index in [-0.39, 0.29) is 0 Å². The Kier molecular flexibility index (Phi) is 3.39. The van der Waals surface area contributed by atoms with Crippen LogP contribution in [-0.2, 0) is 6.42 Å². The minimum Gasteiger partial charge on any atom is -0.314 e. The van der Waals surface area contributed by atoms with E-state index < -0.39 is 0 Å². The molecule has 2 unspecified atom stereocenters. The third kappa shape index (κ3) is 2.58. The van der Waals surface area contributed by atoms with Gasteiger partial charge in [-0.2, -0.15) is 0 Å². The molecule has 2 rings (SSSR count). The average molecular weight is 204 g/mol. The lowest BCUT2D eigenvalue weighted by molar-refractivity contribution is 0.140. The summed E-state index contributed by atoms with van der Waals surface area (Å²) >= 11 is 0. The number of rotatable bonds is 2. The van der Waals surface area contributed by atoms with Gasteiger partial charge in [-0.1, -0.05) is 30.3 Å². The fourth-order valence-electron chi connectivity index (χ4n) is 2.21. The summed E-state index contributed by atoms with van der Waals surface area (Å²) in [6.07, 6.45) is 1.15. The van der Waals surface area contributed by atoms with Gasteiger partial charge in [-0.3, -0.25) is 4.90 Å². The molecule has 0 amide bonds. The second-order valence-corrected chi connectivity index (χ2v) is 4.52. The molecule has 0 aromatic heterocycles. The summed E-state index contributed by atoms with van der Waals surface area (Å²) in [5.41, 5.74) is 1.44. The van der Waals surface area contributed by atoms with Crippen LogP contribution in [0.25, 0.3) is 0 Å². The zero-order valence-electron chi connectivity index (χ0n) is 9.61. The third-order valence-electron chi connectivity index (χ3n) is 3.41. The van der Waals surface area contributed by atoms with E-state index in [0.29, 0.717) is 12.1 Å². The normalized spacial score (nSPS) is 27.9. The number of likely N-dealkylation sites (N-methyl/N-ethyl adjacent to an activating group) is 1. The SMILES string of the molecule is CC1CNCC(Cc2ccccc2)N1C. The molecule has 15 heavy (non-hydrogen) atoms. The highest BCUT2D eigenvalue weighted by atomic mass is 15.2. The van der Waals surface area contributed by atoms with Gasteiger partial charge in [0.2, 0.25) is 0 Å². The summed E-state index contributed by atoms with van der Waals surface area (Å²) in [4.78, 5) is 2.49. The molecule has 82 valence electrons. The van der Waals surface area contributed by atoms with Gasteiger partial charge in [0.1, 0.15) is 0 Å². The molecule has 1 aliphatic heterocycles. The van der Waals surface area contributed by atoms with Crippen molar-refractivity contribution in [3.63, 3.8) is 0 Å². The van der Waals surface area contributed by atoms with Crippen molar-refractivity contribution in [3.8, 4) is 0 Å². The highest BCUT2D eigenvalue weighted by molar-refractivity contribution is 5.16. The molecule has 1 aromatic carbocycles. The molecule has 0 bridgehead atoms. The first kappa shape index (κ1) is 10.7. The van der Waals surface area contributed by atoms with Gasteiger partial charge in [0.15, 0.2) is 0 Å². The zero-order chi connectivity index (χ0) is 10.7. The van der Waals surface area contributed by atoms with E-state index in [1.165, 1.54) is 5.56 Å². The minimum atomic E-state index is 0.635. The van der Waals surface area contributed by atoms with Gasteiger partial charge in [-0.05, 0) is 26.0 Å². The van der Waals surface area contributed by atoms with Crippen LogP contribution in [0, 0.1) is 0 Å². The van der Waals surface area contributed by atoms with Crippen LogP contribution in [0.5, 0.6) is 0 Å². The highest BCUT2D eigenvalue weighted by Crippen LogP contribution is 2.12. The maximum atomic E-state index is 3.49. The van der Waals surface area contributed by atoms with Crippen LogP contribution < -0.4 is 5.32 Å². The van der Waals surface area contributed by atoms with E-state index in [2.05, 4.69) is 54.5 Å². The summed E-state index contributed by atoms with van der Waals surface area (Å²) in [7, 11) is 2.24. The first-order valence-electron chi connectivity index (χ1n) is 5.74. The predicted molar refractivity (Wildman–Crippen MR) is 64.0 cm³/mol. The molecule has 2 nitrogen and oxygen atoms in total. The monoisotopic (exact) mass is 204 g/mol. The fourth-order valence-corrected chi connectivity index (χ4v) is 2.21. The predicted octanol–water partition coefficient (Wildman–Crippen LogP) is 1.52. The Hall–Kier alpha value is -0.860. The summed E-state index contributed by atoms with van der Waals surface area (Å²) in [6, 6.07) is 12.0. The Morgan fingerprint density at radius 2 is 2.00 bits per heavy atom. The van der Waals surface area contributed by atoms with Crippen molar-refractivity contribution in [2.24, 2.45) is 0 Å². The molecule has 0 radical (unpaired) electrons. The topological polar surface area (TPSA) is 15.3 Å². The van der Waals surface area contributed by atoms with E-state index in [4.69, 9.17) is 0 Å². The maximum absolute atomic E-state index is 3.49. The van der Waals surface area contributed by atoms with Crippen LogP contribution in [0.3, 0.4) is 0 Å². The van der Waals surface area contributed by atoms with Gasteiger partial charge in [-0.25, -0.2) is 0 Å². The van der Waals surface area contributed by atoms with Crippen molar-refractivity contribution < 1.29 is 0 Å². The van der Waals surface area contributed by atoms with Crippen molar-refractivity contribution >= 4 is 0 Å². The Morgan fingerprint density at radius 1 is 1.27 bits per heavy atom. The number of hydrogen-bond acceptors (Lipinski definition) is 2. The molecule has 1 saturated heterocycles. The van der Waals surface area contributed by atoms with Crippen molar-refractivity contribution in [3.05, 3.63) is 35.9 Å². The Balaban J connectivity index is 1.99. The smallest absolute Gasteiger partial charge is 0.0261 e. The fraction of sp³-hybridized carbons (Fsp3) is 0.538. The molecule has 0 saturated carbocycles. The molecule has 1 heterocycles. The molecule has 1 N–H and O–H groups in total. The van der Waals surface area contributed by atoms with Crippen LogP contribution in [-0.4, -0.2) is 37.1 Å². The Labute approximate surface area is 92.3 Å². The van der Waals surface area contributed by atoms with Crippen molar-refractivity contribution in [1.82, 2.24) is 10.2 Å². The quantitative estimate of drug-likeness (QED) is 0.786. The molecule has 0 aliphatic carbocycles. The average Bonchev–Trinajstić information content (AvgIpc) is 2.26. The largest absolute Gasteiger partial charge is 0.314 e. The summed E-state index contributed by atoms with van der Waals surface area (Å²) in [6.45, 7) is 4.50. The van der Waals surface area contributed by atoms with Crippen LogP contribution in [0.4, 0.5) is 0 Å². The van der Waals surface area contributed by atoms with Gasteiger partial charge in [0.25, 0.3) is 0 Å². The van der Waals surface area contributed by atoms with E-state index in [1.807, 2.05) is 0 Å². The third-order valence-corrected chi connectivity index (χ3v) is 3.41. The van der Waals surface area contributed by atoms with Gasteiger partial charge >= 0.3 is 0 Å². The lowest BCUT2D eigenvalue weighted by atomic mass is 10.0. The first-order valence-corrected chi connectivity index (χ1v) is 5.74. The lowest BCUT2D eigenvalue weighted by Gasteiger charge is -2.38. The molecular formula is C13H20N2. The van der Waals surface area contributed by atoms with Gasteiger partial charge in [0.05, 0.1) is 0 Å². The van der Waals surface area contributed by atoms with Crippen LogP contribution in [0.1, 0.15) is 12.5 Å². The lowest BCUT2D eigenvalue weighted by Crippen LogP contribution is -2.55. The van der Waals surface area contributed by atoms with Crippen molar-refractivity contribution in [2.45, 2.75) is 25.4 Å². The van der Waals surface area contributed by atoms with Crippen molar-refractivity contribution in [1.29, 1.82) is 0 Å². The van der Waals surface area contributed by atoms with E-state index >= 15 is 0 Å². The highest BCUT2D eigenvalue weighted by Gasteiger charge is 2.23. The molecule has 1 aliphatic rings. The molecular weight excluding hydrogens is 184 g/mol. The van der Waals surface area contributed by atoms with Gasteiger partial charge in [-0.15, -0.1) is 0 Å². The van der Waals surface area contributed by atoms with E-state index in [0.717, 1.165) is 19.5 Å².